The van der Waals surface area contributed by atoms with Crippen molar-refractivity contribution in [1.82, 2.24) is 4.98 Å². The number of rotatable bonds is 4. The van der Waals surface area contributed by atoms with Gasteiger partial charge in [-0.1, -0.05) is 17.7 Å². The molecule has 0 atom stereocenters. The minimum atomic E-state index is 0.00704. The van der Waals surface area contributed by atoms with Gasteiger partial charge in [0.1, 0.15) is 11.4 Å². The van der Waals surface area contributed by atoms with Gasteiger partial charge in [0.05, 0.1) is 7.11 Å². The molecule has 0 unspecified atom stereocenters. The van der Waals surface area contributed by atoms with E-state index in [9.17, 15) is 4.79 Å². The average Bonchev–Trinajstić information content (AvgIpc) is 2.39. The molecule has 0 spiro atoms. The highest BCUT2D eigenvalue weighted by Crippen LogP contribution is 2.21. The molecule has 1 aromatic heterocycles. The van der Waals surface area contributed by atoms with E-state index in [-0.39, 0.29) is 5.78 Å². The third-order valence-electron chi connectivity index (χ3n) is 2.99. The van der Waals surface area contributed by atoms with Crippen molar-refractivity contribution in [3.63, 3.8) is 0 Å². The summed E-state index contributed by atoms with van der Waals surface area (Å²) in [5, 5.41) is 0. The van der Waals surface area contributed by atoms with Crippen LogP contribution >= 0.6 is 0 Å². The maximum atomic E-state index is 12.2. The number of ketones is 1. The zero-order valence-electron chi connectivity index (χ0n) is 11.4. The molecular weight excluding hydrogens is 238 g/mol. The highest BCUT2D eigenvalue weighted by atomic mass is 16.5. The maximum absolute atomic E-state index is 12.2. The Morgan fingerprint density at radius 3 is 2.58 bits per heavy atom. The first-order chi connectivity index (χ1) is 9.10. The maximum Gasteiger partial charge on any atom is 0.185 e. The highest BCUT2D eigenvalue weighted by Gasteiger charge is 2.12. The normalized spacial score (nSPS) is 10.3. The lowest BCUT2D eigenvalue weighted by Crippen LogP contribution is -2.07. The lowest BCUT2D eigenvalue weighted by Gasteiger charge is -2.09. The molecule has 0 amide bonds. The number of ether oxygens (including phenoxy) is 1. The van der Waals surface area contributed by atoms with Gasteiger partial charge < -0.3 is 4.74 Å². The molecule has 0 aliphatic rings. The molecule has 0 radical (unpaired) electrons. The van der Waals surface area contributed by atoms with Gasteiger partial charge in [0, 0.05) is 18.2 Å². The molecule has 0 N–H and O–H groups in total. The summed E-state index contributed by atoms with van der Waals surface area (Å²) in [5.41, 5.74) is 3.55. The second-order valence-electron chi connectivity index (χ2n) is 4.63. The first kappa shape index (κ1) is 13.3. The van der Waals surface area contributed by atoms with E-state index in [1.807, 2.05) is 44.2 Å². The smallest absolute Gasteiger partial charge is 0.185 e. The zero-order valence-corrected chi connectivity index (χ0v) is 11.4. The van der Waals surface area contributed by atoms with Crippen molar-refractivity contribution in [2.75, 3.05) is 7.11 Å². The molecule has 3 heteroatoms. The van der Waals surface area contributed by atoms with Gasteiger partial charge in [-0.25, -0.2) is 0 Å². The summed E-state index contributed by atoms with van der Waals surface area (Å²) in [6.07, 6.45) is 1.97. The van der Waals surface area contributed by atoms with Crippen molar-refractivity contribution in [3.05, 3.63) is 58.9 Å². The molecule has 1 heterocycles. The minimum Gasteiger partial charge on any atom is -0.496 e. The van der Waals surface area contributed by atoms with Crippen LogP contribution in [0.4, 0.5) is 0 Å². The first-order valence-electron chi connectivity index (χ1n) is 6.19. The van der Waals surface area contributed by atoms with Crippen LogP contribution in [0.1, 0.15) is 27.2 Å². The summed E-state index contributed by atoms with van der Waals surface area (Å²) < 4.78 is 5.29. The number of carbonyl (C=O) groups is 1. The van der Waals surface area contributed by atoms with Gasteiger partial charge in [0.25, 0.3) is 0 Å². The van der Waals surface area contributed by atoms with Gasteiger partial charge in [0.2, 0.25) is 0 Å². The van der Waals surface area contributed by atoms with E-state index >= 15 is 0 Å². The number of aromatic nitrogens is 1. The molecule has 19 heavy (non-hydrogen) atoms. The standard InChI is InChI=1S/C16H17NO2/c1-11-4-5-16(19-3)13(8-11)10-15(18)14-9-12(2)6-7-17-14/h4-9H,10H2,1-3H3. The quantitative estimate of drug-likeness (QED) is 0.788. The average molecular weight is 255 g/mol. The number of methoxy groups -OCH3 is 1. The van der Waals surface area contributed by atoms with Crippen LogP contribution in [0, 0.1) is 13.8 Å². The molecule has 0 bridgehead atoms. The van der Waals surface area contributed by atoms with Crippen LogP contribution in [0.15, 0.2) is 36.5 Å². The van der Waals surface area contributed by atoms with Crippen molar-refractivity contribution in [2.45, 2.75) is 20.3 Å². The molecule has 2 aromatic rings. The van der Waals surface area contributed by atoms with E-state index in [1.165, 1.54) is 0 Å². The number of benzene rings is 1. The van der Waals surface area contributed by atoms with Gasteiger partial charge in [0.15, 0.2) is 5.78 Å². The number of Topliss-reactive ketones (excluding diaryl/α,β-unsaturated/α-hetero) is 1. The van der Waals surface area contributed by atoms with E-state index in [1.54, 1.807) is 13.3 Å². The van der Waals surface area contributed by atoms with Crippen molar-refractivity contribution < 1.29 is 9.53 Å². The predicted octanol–water partition coefficient (Wildman–Crippen LogP) is 3.13. The number of nitrogens with zero attached hydrogens (tertiary/aromatic N) is 1. The predicted molar refractivity (Wildman–Crippen MR) is 74.7 cm³/mol. The summed E-state index contributed by atoms with van der Waals surface area (Å²) in [5.74, 6) is 0.749. The number of carbonyl (C=O) groups excluding carboxylic acids is 1. The van der Waals surface area contributed by atoms with Gasteiger partial charge in [-0.2, -0.15) is 0 Å². The Balaban J connectivity index is 2.26. The molecule has 3 nitrogen and oxygen atoms in total. The third kappa shape index (κ3) is 3.19. The van der Waals surface area contributed by atoms with E-state index in [0.717, 1.165) is 22.4 Å². The second kappa shape index (κ2) is 5.65. The summed E-state index contributed by atoms with van der Waals surface area (Å²) in [4.78, 5) is 16.4. The van der Waals surface area contributed by atoms with Gasteiger partial charge >= 0.3 is 0 Å². The Labute approximate surface area is 113 Å². The Morgan fingerprint density at radius 1 is 1.16 bits per heavy atom. The topological polar surface area (TPSA) is 39.2 Å². The molecule has 98 valence electrons. The van der Waals surface area contributed by atoms with Gasteiger partial charge in [-0.15, -0.1) is 0 Å². The number of aryl methyl sites for hydroxylation is 2. The Morgan fingerprint density at radius 2 is 1.89 bits per heavy atom. The molecular formula is C16H17NO2. The molecule has 1 aromatic carbocycles. The Bertz CT molecular complexity index is 605. The van der Waals surface area contributed by atoms with Crippen LogP contribution in [0.5, 0.6) is 5.75 Å². The number of hydrogen-bond acceptors (Lipinski definition) is 3. The fourth-order valence-electron chi connectivity index (χ4n) is 2.00. The summed E-state index contributed by atoms with van der Waals surface area (Å²) in [6.45, 7) is 3.95. The zero-order chi connectivity index (χ0) is 13.8. The van der Waals surface area contributed by atoms with Crippen LogP contribution in [0.2, 0.25) is 0 Å². The van der Waals surface area contributed by atoms with Gasteiger partial charge in [-0.3, -0.25) is 9.78 Å². The number of hydrogen-bond donors (Lipinski definition) is 0. The monoisotopic (exact) mass is 255 g/mol. The van der Waals surface area contributed by atoms with E-state index in [0.29, 0.717) is 12.1 Å². The molecule has 0 saturated heterocycles. The highest BCUT2D eigenvalue weighted by molar-refractivity contribution is 5.96. The lowest BCUT2D eigenvalue weighted by atomic mass is 10.0. The van der Waals surface area contributed by atoms with Crippen LogP contribution in [-0.4, -0.2) is 17.9 Å². The molecule has 0 saturated carbocycles. The SMILES string of the molecule is COc1ccc(C)cc1CC(=O)c1cc(C)ccn1. The minimum absolute atomic E-state index is 0.00704. The fraction of sp³-hybridized carbons (Fsp3) is 0.250. The number of pyridine rings is 1. The van der Waals surface area contributed by atoms with Crippen LogP contribution < -0.4 is 4.74 Å². The molecule has 0 aliphatic heterocycles. The van der Waals surface area contributed by atoms with E-state index in [4.69, 9.17) is 4.74 Å². The largest absolute Gasteiger partial charge is 0.496 e. The van der Waals surface area contributed by atoms with Crippen molar-refractivity contribution in [1.29, 1.82) is 0 Å². The molecule has 0 aliphatic carbocycles. The van der Waals surface area contributed by atoms with Crippen molar-refractivity contribution >= 4 is 5.78 Å². The molecule has 0 fully saturated rings. The lowest BCUT2D eigenvalue weighted by molar-refractivity contribution is 0.0987. The molecule has 2 rings (SSSR count). The van der Waals surface area contributed by atoms with Crippen molar-refractivity contribution in [2.24, 2.45) is 0 Å². The van der Waals surface area contributed by atoms with Crippen LogP contribution in [0.3, 0.4) is 0 Å². The Kier molecular flexibility index (Phi) is 3.95. The fourth-order valence-corrected chi connectivity index (χ4v) is 2.00. The third-order valence-corrected chi connectivity index (χ3v) is 2.99. The van der Waals surface area contributed by atoms with Gasteiger partial charge in [-0.05, 0) is 37.6 Å². The van der Waals surface area contributed by atoms with E-state index < -0.39 is 0 Å². The summed E-state index contributed by atoms with van der Waals surface area (Å²) >= 11 is 0. The second-order valence-corrected chi connectivity index (χ2v) is 4.63. The van der Waals surface area contributed by atoms with Crippen molar-refractivity contribution in [3.8, 4) is 5.75 Å². The first-order valence-corrected chi connectivity index (χ1v) is 6.19. The Hall–Kier alpha value is -2.16. The summed E-state index contributed by atoms with van der Waals surface area (Å²) in [7, 11) is 1.61. The summed E-state index contributed by atoms with van der Waals surface area (Å²) in [6, 6.07) is 9.53. The van der Waals surface area contributed by atoms with E-state index in [2.05, 4.69) is 4.98 Å². The van der Waals surface area contributed by atoms with Crippen LogP contribution in [-0.2, 0) is 6.42 Å². The van der Waals surface area contributed by atoms with Crippen LogP contribution in [0.25, 0.3) is 0 Å².